The van der Waals surface area contributed by atoms with Crippen molar-refractivity contribution in [1.29, 1.82) is 0 Å². The summed E-state index contributed by atoms with van der Waals surface area (Å²) in [5.74, 6) is 0. The van der Waals surface area contributed by atoms with Crippen LogP contribution in [0, 0.1) is 0 Å². The van der Waals surface area contributed by atoms with Gasteiger partial charge in [-0.2, -0.15) is 0 Å². The normalized spacial score (nSPS) is 20.4. The molecule has 1 aliphatic heterocycles. The van der Waals surface area contributed by atoms with Crippen molar-refractivity contribution < 1.29 is 4.74 Å². The highest BCUT2D eigenvalue weighted by Gasteiger charge is 2.26. The van der Waals surface area contributed by atoms with Crippen LogP contribution >= 0.6 is 0 Å². The Bertz CT molecular complexity index is 359. The lowest BCUT2D eigenvalue weighted by atomic mass is 10.1. The van der Waals surface area contributed by atoms with Gasteiger partial charge in [0, 0.05) is 25.3 Å². The fourth-order valence-corrected chi connectivity index (χ4v) is 2.28. The largest absolute Gasteiger partial charge is 0.399 e. The van der Waals surface area contributed by atoms with Crippen molar-refractivity contribution in [1.82, 2.24) is 4.90 Å². The Kier molecular flexibility index (Phi) is 3.69. The van der Waals surface area contributed by atoms with E-state index in [1.54, 1.807) is 0 Å². The van der Waals surface area contributed by atoms with Crippen molar-refractivity contribution in [3.05, 3.63) is 29.8 Å². The van der Waals surface area contributed by atoms with E-state index in [4.69, 9.17) is 10.5 Å². The molecule has 94 valence electrons. The highest BCUT2D eigenvalue weighted by atomic mass is 16.5. The van der Waals surface area contributed by atoms with Gasteiger partial charge in [0.05, 0.1) is 12.2 Å². The van der Waals surface area contributed by atoms with E-state index in [1.807, 2.05) is 12.1 Å². The minimum absolute atomic E-state index is 0.000629. The molecular formula is C14H22N2O. The number of hydrogen-bond donors (Lipinski definition) is 1. The lowest BCUT2D eigenvalue weighted by molar-refractivity contribution is -0.0855. The molecule has 3 nitrogen and oxygen atoms in total. The average molecular weight is 234 g/mol. The van der Waals surface area contributed by atoms with E-state index >= 15 is 0 Å². The first kappa shape index (κ1) is 12.4. The van der Waals surface area contributed by atoms with Crippen LogP contribution in [0.3, 0.4) is 0 Å². The van der Waals surface area contributed by atoms with Gasteiger partial charge in [0.25, 0.3) is 0 Å². The van der Waals surface area contributed by atoms with Gasteiger partial charge in [-0.1, -0.05) is 12.1 Å². The van der Waals surface area contributed by atoms with Gasteiger partial charge in [-0.15, -0.1) is 0 Å². The van der Waals surface area contributed by atoms with Crippen LogP contribution in [0.15, 0.2) is 24.3 Å². The summed E-state index contributed by atoms with van der Waals surface area (Å²) in [7, 11) is 0. The second-order valence-electron chi connectivity index (χ2n) is 5.38. The predicted molar refractivity (Wildman–Crippen MR) is 71.0 cm³/mol. The monoisotopic (exact) mass is 234 g/mol. The number of nitrogens with zero attached hydrogens (tertiary/aromatic N) is 1. The summed E-state index contributed by atoms with van der Waals surface area (Å²) in [5, 5.41) is 0. The maximum absolute atomic E-state index is 5.71. The molecule has 2 N–H and O–H groups in total. The third-order valence-electron chi connectivity index (χ3n) is 3.20. The van der Waals surface area contributed by atoms with E-state index in [-0.39, 0.29) is 5.60 Å². The Labute approximate surface area is 104 Å². The third kappa shape index (κ3) is 3.72. The molecule has 1 aliphatic rings. The number of ether oxygens (including phenoxy) is 1. The first-order valence-corrected chi connectivity index (χ1v) is 6.26. The zero-order valence-corrected chi connectivity index (χ0v) is 10.8. The smallest absolute Gasteiger partial charge is 0.0753 e. The standard InChI is InChI=1S/C14H22N2O/c1-14(2)11-16(9-10-17-14)8-7-12-3-5-13(15)6-4-12/h3-6H,7-11,15H2,1-2H3. The quantitative estimate of drug-likeness (QED) is 0.812. The fraction of sp³-hybridized carbons (Fsp3) is 0.571. The number of morpholine rings is 1. The number of hydrogen-bond acceptors (Lipinski definition) is 3. The second-order valence-corrected chi connectivity index (χ2v) is 5.38. The Morgan fingerprint density at radius 2 is 2.00 bits per heavy atom. The van der Waals surface area contributed by atoms with Gasteiger partial charge in [0.2, 0.25) is 0 Å². The molecule has 1 aromatic carbocycles. The van der Waals surface area contributed by atoms with Gasteiger partial charge in [0.15, 0.2) is 0 Å². The van der Waals surface area contributed by atoms with Crippen molar-refractivity contribution in [3.8, 4) is 0 Å². The topological polar surface area (TPSA) is 38.5 Å². The van der Waals surface area contributed by atoms with Gasteiger partial charge in [-0.3, -0.25) is 4.90 Å². The van der Waals surface area contributed by atoms with E-state index in [2.05, 4.69) is 30.9 Å². The Balaban J connectivity index is 1.84. The maximum atomic E-state index is 5.71. The molecule has 0 atom stereocenters. The highest BCUT2D eigenvalue weighted by Crippen LogP contribution is 2.16. The molecule has 0 spiro atoms. The first-order chi connectivity index (χ1) is 8.05. The van der Waals surface area contributed by atoms with Gasteiger partial charge >= 0.3 is 0 Å². The minimum Gasteiger partial charge on any atom is -0.399 e. The van der Waals surface area contributed by atoms with E-state index in [9.17, 15) is 0 Å². The number of anilines is 1. The van der Waals surface area contributed by atoms with Crippen molar-refractivity contribution >= 4 is 5.69 Å². The van der Waals surface area contributed by atoms with Crippen LogP contribution in [0.1, 0.15) is 19.4 Å². The molecular weight excluding hydrogens is 212 g/mol. The van der Waals surface area contributed by atoms with Crippen LogP contribution < -0.4 is 5.73 Å². The van der Waals surface area contributed by atoms with Crippen LogP contribution in [0.25, 0.3) is 0 Å². The van der Waals surface area contributed by atoms with Crippen molar-refractivity contribution in [2.24, 2.45) is 0 Å². The van der Waals surface area contributed by atoms with Crippen molar-refractivity contribution in [2.75, 3.05) is 32.0 Å². The lowest BCUT2D eigenvalue weighted by Crippen LogP contribution is -2.48. The Morgan fingerprint density at radius 1 is 1.29 bits per heavy atom. The predicted octanol–water partition coefficient (Wildman–Crippen LogP) is 1.92. The van der Waals surface area contributed by atoms with Crippen LogP contribution in [0.4, 0.5) is 5.69 Å². The average Bonchev–Trinajstić information content (AvgIpc) is 2.27. The van der Waals surface area contributed by atoms with Gasteiger partial charge in [-0.05, 0) is 38.0 Å². The highest BCUT2D eigenvalue weighted by molar-refractivity contribution is 5.39. The van der Waals surface area contributed by atoms with E-state index in [0.29, 0.717) is 0 Å². The molecule has 2 rings (SSSR count). The molecule has 1 fully saturated rings. The van der Waals surface area contributed by atoms with E-state index in [0.717, 1.165) is 38.3 Å². The number of nitrogen functional groups attached to an aromatic ring is 1. The van der Waals surface area contributed by atoms with Crippen molar-refractivity contribution in [2.45, 2.75) is 25.9 Å². The molecule has 1 saturated heterocycles. The van der Waals surface area contributed by atoms with Gasteiger partial charge < -0.3 is 10.5 Å². The van der Waals surface area contributed by atoms with Crippen LogP contribution in [-0.4, -0.2) is 36.7 Å². The van der Waals surface area contributed by atoms with Crippen molar-refractivity contribution in [3.63, 3.8) is 0 Å². The van der Waals surface area contributed by atoms with Gasteiger partial charge in [-0.25, -0.2) is 0 Å². The first-order valence-electron chi connectivity index (χ1n) is 6.26. The lowest BCUT2D eigenvalue weighted by Gasteiger charge is -2.38. The molecule has 0 saturated carbocycles. The molecule has 0 bridgehead atoms. The van der Waals surface area contributed by atoms with Crippen LogP contribution in [0.5, 0.6) is 0 Å². The molecule has 0 radical (unpaired) electrons. The summed E-state index contributed by atoms with van der Waals surface area (Å²) < 4.78 is 5.71. The summed E-state index contributed by atoms with van der Waals surface area (Å²) in [5.41, 5.74) is 7.86. The summed E-state index contributed by atoms with van der Waals surface area (Å²) in [6.07, 6.45) is 1.08. The molecule has 0 aliphatic carbocycles. The summed E-state index contributed by atoms with van der Waals surface area (Å²) in [6.45, 7) is 8.30. The molecule has 17 heavy (non-hydrogen) atoms. The zero-order chi connectivity index (χ0) is 12.3. The number of benzene rings is 1. The van der Waals surface area contributed by atoms with Crippen LogP contribution in [0.2, 0.25) is 0 Å². The Morgan fingerprint density at radius 3 is 2.65 bits per heavy atom. The van der Waals surface area contributed by atoms with E-state index in [1.165, 1.54) is 5.56 Å². The molecule has 0 aromatic heterocycles. The minimum atomic E-state index is -0.000629. The fourth-order valence-electron chi connectivity index (χ4n) is 2.28. The summed E-state index contributed by atoms with van der Waals surface area (Å²) in [4.78, 5) is 2.47. The molecule has 1 aromatic rings. The Hall–Kier alpha value is -1.06. The molecule has 0 unspecified atom stereocenters. The third-order valence-corrected chi connectivity index (χ3v) is 3.20. The second kappa shape index (κ2) is 5.07. The SMILES string of the molecule is CC1(C)CN(CCc2ccc(N)cc2)CCO1. The molecule has 3 heteroatoms. The zero-order valence-electron chi connectivity index (χ0n) is 10.8. The number of nitrogens with two attached hydrogens (primary N) is 1. The molecule has 0 amide bonds. The summed E-state index contributed by atoms with van der Waals surface area (Å²) in [6, 6.07) is 8.17. The van der Waals surface area contributed by atoms with Gasteiger partial charge in [0.1, 0.15) is 0 Å². The maximum Gasteiger partial charge on any atom is 0.0753 e. The number of rotatable bonds is 3. The van der Waals surface area contributed by atoms with Crippen LogP contribution in [-0.2, 0) is 11.2 Å². The van der Waals surface area contributed by atoms with E-state index < -0.39 is 0 Å². The summed E-state index contributed by atoms with van der Waals surface area (Å²) >= 11 is 0. The molecule has 1 heterocycles.